The van der Waals surface area contributed by atoms with E-state index in [1.807, 2.05) is 19.1 Å². The molecular weight excluding hydrogens is 306 g/mol. The van der Waals surface area contributed by atoms with E-state index in [-0.39, 0.29) is 5.41 Å². The fourth-order valence-electron chi connectivity index (χ4n) is 3.43. The number of likely N-dealkylation sites (tertiary alicyclic amines) is 1. The zero-order chi connectivity index (χ0) is 17.2. The highest BCUT2D eigenvalue weighted by Gasteiger charge is 2.26. The third-order valence-corrected chi connectivity index (χ3v) is 5.12. The van der Waals surface area contributed by atoms with Gasteiger partial charge in [-0.1, -0.05) is 18.2 Å². The zero-order valence-electron chi connectivity index (χ0n) is 13.9. The lowest BCUT2D eigenvalue weighted by Crippen LogP contribution is -2.34. The molecule has 1 saturated heterocycles. The van der Waals surface area contributed by atoms with Crippen molar-refractivity contribution in [3.63, 3.8) is 0 Å². The van der Waals surface area contributed by atoms with Crippen LogP contribution in [0.1, 0.15) is 31.7 Å². The standard InChI is InChI=1S/C20H22F2N2/c1-20(14-23)8-4-18(5-9-20)24-10-6-15(7-11-24)12-16-2-3-17(21)13-19(16)22/h2-5,8,13,15H,6-7,9-12H2,1H3. The average molecular weight is 328 g/mol. The molecule has 1 aromatic carbocycles. The third kappa shape index (κ3) is 3.67. The minimum atomic E-state index is -0.522. The van der Waals surface area contributed by atoms with Gasteiger partial charge in [-0.3, -0.25) is 0 Å². The molecule has 1 atom stereocenters. The number of nitrogens with zero attached hydrogens (tertiary/aromatic N) is 2. The van der Waals surface area contributed by atoms with E-state index in [2.05, 4.69) is 17.0 Å². The first-order chi connectivity index (χ1) is 11.5. The van der Waals surface area contributed by atoms with Crippen LogP contribution in [0.2, 0.25) is 0 Å². The van der Waals surface area contributed by atoms with Gasteiger partial charge >= 0.3 is 0 Å². The Bertz CT molecular complexity index is 709. The van der Waals surface area contributed by atoms with Crippen LogP contribution in [0, 0.1) is 34.3 Å². The first kappa shape index (κ1) is 16.7. The van der Waals surface area contributed by atoms with Gasteiger partial charge in [0.2, 0.25) is 0 Å². The van der Waals surface area contributed by atoms with Gasteiger partial charge in [-0.15, -0.1) is 0 Å². The summed E-state index contributed by atoms with van der Waals surface area (Å²) in [7, 11) is 0. The van der Waals surface area contributed by atoms with Crippen LogP contribution in [0.5, 0.6) is 0 Å². The van der Waals surface area contributed by atoms with Crippen molar-refractivity contribution < 1.29 is 8.78 Å². The number of rotatable bonds is 3. The molecule has 0 N–H and O–H groups in total. The molecule has 1 heterocycles. The van der Waals surface area contributed by atoms with Gasteiger partial charge in [0.05, 0.1) is 11.5 Å². The molecule has 24 heavy (non-hydrogen) atoms. The molecule has 4 heteroatoms. The maximum atomic E-state index is 13.8. The SMILES string of the molecule is CC1(C#N)C=CC(N2CCC(Cc3ccc(F)cc3F)CC2)=CC1. The van der Waals surface area contributed by atoms with Gasteiger partial charge in [-0.05, 0) is 56.2 Å². The quantitative estimate of drug-likeness (QED) is 0.811. The van der Waals surface area contributed by atoms with Crippen molar-refractivity contribution in [3.05, 3.63) is 59.3 Å². The summed E-state index contributed by atoms with van der Waals surface area (Å²) in [6, 6.07) is 6.19. The van der Waals surface area contributed by atoms with E-state index >= 15 is 0 Å². The second kappa shape index (κ2) is 6.76. The van der Waals surface area contributed by atoms with Crippen LogP contribution in [0.3, 0.4) is 0 Å². The molecule has 0 amide bonds. The normalized spacial score (nSPS) is 24.6. The van der Waals surface area contributed by atoms with Crippen molar-refractivity contribution in [2.45, 2.75) is 32.6 Å². The van der Waals surface area contributed by atoms with Gasteiger partial charge in [0.25, 0.3) is 0 Å². The topological polar surface area (TPSA) is 27.0 Å². The van der Waals surface area contributed by atoms with E-state index in [1.54, 1.807) is 6.07 Å². The lowest BCUT2D eigenvalue weighted by molar-refractivity contribution is 0.228. The highest BCUT2D eigenvalue weighted by Crippen LogP contribution is 2.32. The van der Waals surface area contributed by atoms with Crippen molar-refractivity contribution in [2.75, 3.05) is 13.1 Å². The Labute approximate surface area is 142 Å². The summed E-state index contributed by atoms with van der Waals surface area (Å²) in [5.41, 5.74) is 1.41. The molecule has 2 nitrogen and oxygen atoms in total. The van der Waals surface area contributed by atoms with E-state index in [0.717, 1.165) is 38.4 Å². The Morgan fingerprint density at radius 3 is 2.62 bits per heavy atom. The smallest absolute Gasteiger partial charge is 0.129 e. The Hall–Kier alpha value is -2.15. The van der Waals surface area contributed by atoms with Crippen LogP contribution in [0.4, 0.5) is 8.78 Å². The van der Waals surface area contributed by atoms with Gasteiger partial charge in [0.15, 0.2) is 0 Å². The maximum Gasteiger partial charge on any atom is 0.129 e. The minimum Gasteiger partial charge on any atom is -0.372 e. The molecule has 126 valence electrons. The molecule has 1 aliphatic heterocycles. The maximum absolute atomic E-state index is 13.8. The molecule has 0 spiro atoms. The molecule has 1 aliphatic carbocycles. The number of halogens is 2. The average Bonchev–Trinajstić information content (AvgIpc) is 2.59. The van der Waals surface area contributed by atoms with Gasteiger partial charge < -0.3 is 4.90 Å². The van der Waals surface area contributed by atoms with E-state index in [9.17, 15) is 8.78 Å². The predicted octanol–water partition coefficient (Wildman–Crippen LogP) is 4.59. The molecule has 1 fully saturated rings. The van der Waals surface area contributed by atoms with Gasteiger partial charge in [0, 0.05) is 24.9 Å². The first-order valence-corrected chi connectivity index (χ1v) is 8.49. The summed E-state index contributed by atoms with van der Waals surface area (Å²) >= 11 is 0. The monoisotopic (exact) mass is 328 g/mol. The summed E-state index contributed by atoms with van der Waals surface area (Å²) < 4.78 is 26.8. The van der Waals surface area contributed by atoms with Gasteiger partial charge in [0.1, 0.15) is 11.6 Å². The van der Waals surface area contributed by atoms with Gasteiger partial charge in [-0.2, -0.15) is 5.26 Å². The van der Waals surface area contributed by atoms with Crippen LogP contribution < -0.4 is 0 Å². The van der Waals surface area contributed by atoms with E-state index in [4.69, 9.17) is 5.26 Å². The number of benzene rings is 1. The second-order valence-electron chi connectivity index (χ2n) is 7.07. The van der Waals surface area contributed by atoms with Crippen molar-refractivity contribution in [1.29, 1.82) is 5.26 Å². The Balaban J connectivity index is 1.55. The highest BCUT2D eigenvalue weighted by atomic mass is 19.1. The van der Waals surface area contributed by atoms with Gasteiger partial charge in [-0.25, -0.2) is 8.78 Å². The van der Waals surface area contributed by atoms with Crippen molar-refractivity contribution in [1.82, 2.24) is 4.90 Å². The Morgan fingerprint density at radius 1 is 1.29 bits per heavy atom. The highest BCUT2D eigenvalue weighted by molar-refractivity contribution is 5.29. The van der Waals surface area contributed by atoms with E-state index in [1.165, 1.54) is 11.8 Å². The summed E-state index contributed by atoms with van der Waals surface area (Å²) in [6.45, 7) is 3.82. The molecule has 1 unspecified atom stereocenters. The molecule has 0 bridgehead atoms. The Kier molecular flexibility index (Phi) is 4.71. The van der Waals surface area contributed by atoms with Crippen molar-refractivity contribution in [3.8, 4) is 6.07 Å². The largest absolute Gasteiger partial charge is 0.372 e. The fourth-order valence-corrected chi connectivity index (χ4v) is 3.43. The number of nitriles is 1. The summed E-state index contributed by atoms with van der Waals surface area (Å²) in [5, 5.41) is 9.16. The van der Waals surface area contributed by atoms with Crippen molar-refractivity contribution >= 4 is 0 Å². The van der Waals surface area contributed by atoms with E-state index in [0.29, 0.717) is 17.9 Å². The number of hydrogen-bond donors (Lipinski definition) is 0. The van der Waals surface area contributed by atoms with Crippen LogP contribution in [0.25, 0.3) is 0 Å². The molecule has 0 aromatic heterocycles. The molecule has 1 aromatic rings. The fraction of sp³-hybridized carbons (Fsp3) is 0.450. The van der Waals surface area contributed by atoms with Crippen LogP contribution in [-0.4, -0.2) is 18.0 Å². The number of allylic oxidation sites excluding steroid dienone is 3. The predicted molar refractivity (Wildman–Crippen MR) is 89.9 cm³/mol. The first-order valence-electron chi connectivity index (χ1n) is 8.49. The molecular formula is C20H22F2N2. The van der Waals surface area contributed by atoms with Crippen molar-refractivity contribution in [2.24, 2.45) is 11.3 Å². The second-order valence-corrected chi connectivity index (χ2v) is 7.07. The van der Waals surface area contributed by atoms with Crippen LogP contribution >= 0.6 is 0 Å². The summed E-state index contributed by atoms with van der Waals surface area (Å²) in [5.74, 6) is -0.531. The minimum absolute atomic E-state index is 0.387. The Morgan fingerprint density at radius 2 is 2.04 bits per heavy atom. The molecule has 0 saturated carbocycles. The summed E-state index contributed by atoms with van der Waals surface area (Å²) in [6.07, 6.45) is 9.59. The lowest BCUT2D eigenvalue weighted by atomic mass is 9.84. The molecule has 2 aliphatic rings. The van der Waals surface area contributed by atoms with Crippen LogP contribution in [-0.2, 0) is 6.42 Å². The number of piperidine rings is 1. The number of hydrogen-bond acceptors (Lipinski definition) is 2. The van der Waals surface area contributed by atoms with E-state index < -0.39 is 11.6 Å². The van der Waals surface area contributed by atoms with Crippen LogP contribution in [0.15, 0.2) is 42.1 Å². The third-order valence-electron chi connectivity index (χ3n) is 5.12. The zero-order valence-corrected chi connectivity index (χ0v) is 13.9. The lowest BCUT2D eigenvalue weighted by Gasteiger charge is -2.36. The molecule has 3 rings (SSSR count). The molecule has 0 radical (unpaired) electrons. The summed E-state index contributed by atoms with van der Waals surface area (Å²) in [4.78, 5) is 2.34.